The molecule has 106 valence electrons. The van der Waals surface area contributed by atoms with E-state index in [4.69, 9.17) is 5.84 Å². The number of nitrogens with zero attached hydrogens (tertiary/aromatic N) is 1. The Morgan fingerprint density at radius 1 is 1.47 bits per heavy atom. The minimum atomic E-state index is -0.280. The van der Waals surface area contributed by atoms with Gasteiger partial charge in [0.15, 0.2) is 0 Å². The Morgan fingerprint density at radius 3 is 2.74 bits per heavy atom. The Hall–Kier alpha value is -1.44. The van der Waals surface area contributed by atoms with Crippen LogP contribution >= 0.6 is 11.3 Å². The van der Waals surface area contributed by atoms with E-state index in [9.17, 15) is 9.59 Å². The van der Waals surface area contributed by atoms with Gasteiger partial charge in [0.1, 0.15) is 0 Å². The lowest BCUT2D eigenvalue weighted by Gasteiger charge is -2.19. The molecule has 1 unspecified atom stereocenters. The zero-order valence-corrected chi connectivity index (χ0v) is 12.2. The molecule has 1 aromatic rings. The minimum Gasteiger partial charge on any atom is -0.359 e. The standard InChI is InChI=1S/C12H20N4O2S/c1-8(11(17)14-2)6-16(3)7-9-4-5-10(19-9)12(18)15-13/h4-5,8H,6-7,13H2,1-3H3,(H,14,17)(H,15,18). The lowest BCUT2D eigenvalue weighted by Crippen LogP contribution is -2.34. The fourth-order valence-electron chi connectivity index (χ4n) is 1.78. The van der Waals surface area contributed by atoms with Crippen molar-refractivity contribution >= 4 is 23.2 Å². The van der Waals surface area contributed by atoms with Gasteiger partial charge in [-0.15, -0.1) is 11.3 Å². The molecule has 2 amide bonds. The lowest BCUT2D eigenvalue weighted by molar-refractivity contribution is -0.124. The summed E-state index contributed by atoms with van der Waals surface area (Å²) >= 11 is 1.40. The van der Waals surface area contributed by atoms with Crippen molar-refractivity contribution in [2.45, 2.75) is 13.5 Å². The summed E-state index contributed by atoms with van der Waals surface area (Å²) in [6.07, 6.45) is 0. The molecule has 6 nitrogen and oxygen atoms in total. The molecule has 1 rings (SSSR count). The van der Waals surface area contributed by atoms with Gasteiger partial charge in [0, 0.05) is 30.9 Å². The summed E-state index contributed by atoms with van der Waals surface area (Å²) in [5.74, 6) is 4.76. The van der Waals surface area contributed by atoms with Crippen molar-refractivity contribution in [1.82, 2.24) is 15.6 Å². The molecule has 0 fully saturated rings. The molecule has 0 saturated carbocycles. The molecule has 4 N–H and O–H groups in total. The van der Waals surface area contributed by atoms with Gasteiger partial charge in [-0.1, -0.05) is 6.92 Å². The first-order valence-electron chi connectivity index (χ1n) is 5.97. The second-order valence-corrected chi connectivity index (χ2v) is 5.62. The number of nitrogens with two attached hydrogens (primary N) is 1. The van der Waals surface area contributed by atoms with Gasteiger partial charge < -0.3 is 10.2 Å². The largest absolute Gasteiger partial charge is 0.359 e. The van der Waals surface area contributed by atoms with E-state index >= 15 is 0 Å². The molecule has 0 radical (unpaired) electrons. The maximum Gasteiger partial charge on any atom is 0.275 e. The first-order chi connectivity index (χ1) is 8.97. The molecular formula is C12H20N4O2S. The molecule has 0 aliphatic heterocycles. The van der Waals surface area contributed by atoms with Crippen LogP contribution in [0.1, 0.15) is 21.5 Å². The van der Waals surface area contributed by atoms with Crippen LogP contribution in [0.4, 0.5) is 0 Å². The molecule has 0 spiro atoms. The van der Waals surface area contributed by atoms with Crippen molar-refractivity contribution in [3.63, 3.8) is 0 Å². The highest BCUT2D eigenvalue weighted by molar-refractivity contribution is 7.14. The summed E-state index contributed by atoms with van der Waals surface area (Å²) in [6.45, 7) is 3.25. The third-order valence-corrected chi connectivity index (χ3v) is 3.79. The molecular weight excluding hydrogens is 264 g/mol. The van der Waals surface area contributed by atoms with Crippen LogP contribution in [0.15, 0.2) is 12.1 Å². The predicted octanol–water partition coefficient (Wildman–Crippen LogP) is 0.165. The molecule has 7 heteroatoms. The Balaban J connectivity index is 2.52. The first kappa shape index (κ1) is 15.6. The number of hydrogen-bond acceptors (Lipinski definition) is 5. The third kappa shape index (κ3) is 4.62. The number of carbonyl (C=O) groups excluding carboxylic acids is 2. The molecule has 1 heterocycles. The second kappa shape index (κ2) is 7.22. The van der Waals surface area contributed by atoms with Crippen molar-refractivity contribution in [3.05, 3.63) is 21.9 Å². The highest BCUT2D eigenvalue weighted by atomic mass is 32.1. The van der Waals surface area contributed by atoms with Crippen molar-refractivity contribution in [3.8, 4) is 0 Å². The van der Waals surface area contributed by atoms with Gasteiger partial charge >= 0.3 is 0 Å². The van der Waals surface area contributed by atoms with Crippen molar-refractivity contribution in [2.24, 2.45) is 11.8 Å². The van der Waals surface area contributed by atoms with Crippen molar-refractivity contribution in [2.75, 3.05) is 20.6 Å². The number of rotatable bonds is 6. The molecule has 0 aliphatic carbocycles. The maximum absolute atomic E-state index is 11.4. The molecule has 1 atom stereocenters. The first-order valence-corrected chi connectivity index (χ1v) is 6.79. The molecule has 1 aromatic heterocycles. The van der Waals surface area contributed by atoms with Crippen LogP contribution in [-0.2, 0) is 11.3 Å². The number of nitrogens with one attached hydrogen (secondary N) is 2. The van der Waals surface area contributed by atoms with Crippen LogP contribution < -0.4 is 16.6 Å². The highest BCUT2D eigenvalue weighted by Crippen LogP contribution is 2.18. The zero-order valence-electron chi connectivity index (χ0n) is 11.4. The van der Waals surface area contributed by atoms with E-state index in [-0.39, 0.29) is 17.7 Å². The van der Waals surface area contributed by atoms with Gasteiger partial charge in [-0.05, 0) is 19.2 Å². The Morgan fingerprint density at radius 2 is 2.16 bits per heavy atom. The number of nitrogen functional groups attached to an aromatic ring is 1. The van der Waals surface area contributed by atoms with Crippen LogP contribution in [0.5, 0.6) is 0 Å². The number of hydrogen-bond donors (Lipinski definition) is 3. The maximum atomic E-state index is 11.4. The molecule has 19 heavy (non-hydrogen) atoms. The van der Waals surface area contributed by atoms with E-state index in [1.54, 1.807) is 13.1 Å². The minimum absolute atomic E-state index is 0.0289. The van der Waals surface area contributed by atoms with Gasteiger partial charge in [-0.25, -0.2) is 5.84 Å². The van der Waals surface area contributed by atoms with Gasteiger partial charge in [0.05, 0.1) is 4.88 Å². The number of carbonyl (C=O) groups is 2. The van der Waals surface area contributed by atoms with E-state index in [2.05, 4.69) is 15.6 Å². The zero-order chi connectivity index (χ0) is 14.4. The quantitative estimate of drug-likeness (QED) is 0.395. The van der Waals surface area contributed by atoms with Gasteiger partial charge in [0.2, 0.25) is 5.91 Å². The van der Waals surface area contributed by atoms with E-state index in [1.165, 1.54) is 11.3 Å². The summed E-state index contributed by atoms with van der Waals surface area (Å²) in [6, 6.07) is 3.65. The topological polar surface area (TPSA) is 87.5 Å². The molecule has 0 bridgehead atoms. The Kier molecular flexibility index (Phi) is 5.94. The summed E-state index contributed by atoms with van der Waals surface area (Å²) in [7, 11) is 3.58. The summed E-state index contributed by atoms with van der Waals surface area (Å²) in [4.78, 5) is 26.5. The fraction of sp³-hybridized carbons (Fsp3) is 0.500. The normalized spacial score (nSPS) is 12.3. The lowest BCUT2D eigenvalue weighted by atomic mass is 10.1. The van der Waals surface area contributed by atoms with Crippen molar-refractivity contribution < 1.29 is 9.59 Å². The number of amides is 2. The molecule has 0 aliphatic rings. The molecule has 0 aromatic carbocycles. The van der Waals surface area contributed by atoms with Crippen LogP contribution in [-0.4, -0.2) is 37.4 Å². The van der Waals surface area contributed by atoms with Crippen LogP contribution in [0.25, 0.3) is 0 Å². The Labute approximate surface area is 116 Å². The second-order valence-electron chi connectivity index (χ2n) is 4.45. The average molecular weight is 284 g/mol. The smallest absolute Gasteiger partial charge is 0.275 e. The van der Waals surface area contributed by atoms with E-state index in [0.29, 0.717) is 18.0 Å². The Bertz CT molecular complexity index is 447. The highest BCUT2D eigenvalue weighted by Gasteiger charge is 2.15. The van der Waals surface area contributed by atoms with Gasteiger partial charge in [-0.2, -0.15) is 0 Å². The third-order valence-electron chi connectivity index (χ3n) is 2.72. The monoisotopic (exact) mass is 284 g/mol. The van der Waals surface area contributed by atoms with Gasteiger partial charge in [-0.3, -0.25) is 15.0 Å². The number of hydrazine groups is 1. The summed E-state index contributed by atoms with van der Waals surface area (Å²) in [5, 5.41) is 2.63. The van der Waals surface area contributed by atoms with Crippen LogP contribution in [0.2, 0.25) is 0 Å². The van der Waals surface area contributed by atoms with E-state index in [0.717, 1.165) is 4.88 Å². The van der Waals surface area contributed by atoms with E-state index in [1.807, 2.05) is 20.0 Å². The van der Waals surface area contributed by atoms with Crippen molar-refractivity contribution in [1.29, 1.82) is 0 Å². The summed E-state index contributed by atoms with van der Waals surface area (Å²) < 4.78 is 0. The van der Waals surface area contributed by atoms with Gasteiger partial charge in [0.25, 0.3) is 5.91 Å². The predicted molar refractivity (Wildman–Crippen MR) is 75.5 cm³/mol. The van der Waals surface area contributed by atoms with Crippen LogP contribution in [0, 0.1) is 5.92 Å². The summed E-state index contributed by atoms with van der Waals surface area (Å²) in [5.41, 5.74) is 2.11. The SMILES string of the molecule is CNC(=O)C(C)CN(C)Cc1ccc(C(=O)NN)s1. The fourth-order valence-corrected chi connectivity index (χ4v) is 2.77. The number of thiophene rings is 1. The van der Waals surface area contributed by atoms with Crippen LogP contribution in [0.3, 0.4) is 0 Å². The van der Waals surface area contributed by atoms with E-state index < -0.39 is 0 Å². The molecule has 0 saturated heterocycles. The average Bonchev–Trinajstić information content (AvgIpc) is 2.84.